The van der Waals surface area contributed by atoms with Gasteiger partial charge in [0.25, 0.3) is 0 Å². The molecule has 0 amide bonds. The van der Waals surface area contributed by atoms with Crippen molar-refractivity contribution in [1.82, 2.24) is 15.3 Å². The van der Waals surface area contributed by atoms with Gasteiger partial charge >= 0.3 is 0 Å². The summed E-state index contributed by atoms with van der Waals surface area (Å²) in [5, 5.41) is 3.17. The van der Waals surface area contributed by atoms with Gasteiger partial charge in [-0.05, 0) is 13.0 Å². The van der Waals surface area contributed by atoms with Gasteiger partial charge in [-0.1, -0.05) is 17.7 Å². The molecule has 0 bridgehead atoms. The highest BCUT2D eigenvalue weighted by atomic mass is 35.5. The number of hydrogen-bond acceptors (Lipinski definition) is 3. The second-order valence-corrected chi connectivity index (χ2v) is 2.84. The molecule has 1 N–H and O–H groups in total. The van der Waals surface area contributed by atoms with Gasteiger partial charge in [-0.2, -0.15) is 0 Å². The van der Waals surface area contributed by atoms with Gasteiger partial charge < -0.3 is 5.32 Å². The minimum Gasteiger partial charge on any atom is -0.308 e. The van der Waals surface area contributed by atoms with Crippen molar-refractivity contribution in [3.63, 3.8) is 0 Å². The zero-order valence-electron chi connectivity index (χ0n) is 7.50. The van der Waals surface area contributed by atoms with E-state index in [1.165, 1.54) is 5.54 Å². The monoisotopic (exact) mass is 197 g/mol. The van der Waals surface area contributed by atoms with Crippen LogP contribution < -0.4 is 5.32 Å². The maximum absolute atomic E-state index is 5.36. The fourth-order valence-electron chi connectivity index (χ4n) is 0.932. The lowest BCUT2D eigenvalue weighted by Gasteiger charge is -2.00. The van der Waals surface area contributed by atoms with Crippen LogP contribution in [0, 0.1) is 6.92 Å². The lowest BCUT2D eigenvalue weighted by atomic mass is 10.4. The van der Waals surface area contributed by atoms with E-state index in [1.807, 2.05) is 19.1 Å². The number of nitrogens with zero attached hydrogens (tertiary/aromatic N) is 2. The third-order valence-electron chi connectivity index (χ3n) is 1.49. The molecule has 0 atom stereocenters. The third-order valence-corrected chi connectivity index (χ3v) is 1.67. The second kappa shape index (κ2) is 5.67. The standard InChI is InChI=1S/C9H12ClN3/c1-8-12-6-3-9(13-8)7-11-5-2-4-10/h2-4,6,11H,5,7H2,1H3/b4-2+. The summed E-state index contributed by atoms with van der Waals surface area (Å²) >= 11 is 5.36. The van der Waals surface area contributed by atoms with Crippen molar-refractivity contribution in [1.29, 1.82) is 0 Å². The quantitative estimate of drug-likeness (QED) is 0.746. The fraction of sp³-hybridized carbons (Fsp3) is 0.333. The zero-order chi connectivity index (χ0) is 9.52. The van der Waals surface area contributed by atoms with Gasteiger partial charge in [-0.25, -0.2) is 9.97 Å². The van der Waals surface area contributed by atoms with Gasteiger partial charge in [0.1, 0.15) is 5.82 Å². The van der Waals surface area contributed by atoms with E-state index >= 15 is 0 Å². The lowest BCUT2D eigenvalue weighted by molar-refractivity contribution is 0.732. The maximum Gasteiger partial charge on any atom is 0.125 e. The molecule has 0 radical (unpaired) electrons. The van der Waals surface area contributed by atoms with Crippen LogP contribution >= 0.6 is 11.6 Å². The first-order valence-electron chi connectivity index (χ1n) is 4.07. The molecule has 0 saturated heterocycles. The molecule has 0 aromatic carbocycles. The summed E-state index contributed by atoms with van der Waals surface area (Å²) in [6.45, 7) is 3.37. The van der Waals surface area contributed by atoms with Crippen LogP contribution in [0.4, 0.5) is 0 Å². The van der Waals surface area contributed by atoms with E-state index in [-0.39, 0.29) is 0 Å². The Kier molecular flexibility index (Phi) is 4.43. The molecule has 0 fully saturated rings. The molecule has 0 unspecified atom stereocenters. The summed E-state index contributed by atoms with van der Waals surface area (Å²) in [5.41, 5.74) is 2.49. The first kappa shape index (κ1) is 10.2. The van der Waals surface area contributed by atoms with Crippen LogP contribution in [0.25, 0.3) is 0 Å². The summed E-state index contributed by atoms with van der Waals surface area (Å²) in [7, 11) is 0. The van der Waals surface area contributed by atoms with E-state index in [9.17, 15) is 0 Å². The average molecular weight is 198 g/mol. The van der Waals surface area contributed by atoms with Crippen LogP contribution in [-0.4, -0.2) is 16.5 Å². The zero-order valence-corrected chi connectivity index (χ0v) is 8.25. The molecule has 13 heavy (non-hydrogen) atoms. The van der Waals surface area contributed by atoms with E-state index in [0.29, 0.717) is 0 Å². The van der Waals surface area contributed by atoms with Gasteiger partial charge in [0.2, 0.25) is 0 Å². The third kappa shape index (κ3) is 4.01. The van der Waals surface area contributed by atoms with E-state index in [2.05, 4.69) is 15.3 Å². The van der Waals surface area contributed by atoms with Crippen molar-refractivity contribution in [3.05, 3.63) is 35.4 Å². The molecule has 0 aliphatic rings. The van der Waals surface area contributed by atoms with Gasteiger partial charge in [0, 0.05) is 24.8 Å². The normalized spacial score (nSPS) is 10.9. The van der Waals surface area contributed by atoms with Crippen LogP contribution in [-0.2, 0) is 6.54 Å². The molecule has 1 aromatic rings. The van der Waals surface area contributed by atoms with Crippen molar-refractivity contribution < 1.29 is 0 Å². The smallest absolute Gasteiger partial charge is 0.125 e. The summed E-state index contributed by atoms with van der Waals surface area (Å²) in [5.74, 6) is 0.798. The summed E-state index contributed by atoms with van der Waals surface area (Å²) in [6, 6.07) is 1.89. The molecule has 1 heterocycles. The molecule has 0 spiro atoms. The molecule has 0 aliphatic carbocycles. The Morgan fingerprint density at radius 3 is 3.15 bits per heavy atom. The van der Waals surface area contributed by atoms with Crippen LogP contribution in [0.5, 0.6) is 0 Å². The molecule has 1 aromatic heterocycles. The molecular formula is C9H12ClN3. The highest BCUT2D eigenvalue weighted by molar-refractivity contribution is 6.25. The number of rotatable bonds is 4. The average Bonchev–Trinajstić information content (AvgIpc) is 2.13. The summed E-state index contributed by atoms with van der Waals surface area (Å²) < 4.78 is 0. The summed E-state index contributed by atoms with van der Waals surface area (Å²) in [4.78, 5) is 8.25. The van der Waals surface area contributed by atoms with E-state index in [4.69, 9.17) is 11.6 Å². The van der Waals surface area contributed by atoms with Crippen molar-refractivity contribution >= 4 is 11.6 Å². The van der Waals surface area contributed by atoms with Crippen LogP contribution in [0.15, 0.2) is 23.9 Å². The molecule has 3 nitrogen and oxygen atoms in total. The van der Waals surface area contributed by atoms with Crippen LogP contribution in [0.3, 0.4) is 0 Å². The van der Waals surface area contributed by atoms with Crippen molar-refractivity contribution in [3.8, 4) is 0 Å². The van der Waals surface area contributed by atoms with Crippen LogP contribution in [0.1, 0.15) is 11.5 Å². The SMILES string of the molecule is Cc1nccc(CNC/C=C/Cl)n1. The van der Waals surface area contributed by atoms with Crippen molar-refractivity contribution in [2.75, 3.05) is 6.54 Å². The maximum atomic E-state index is 5.36. The van der Waals surface area contributed by atoms with E-state index < -0.39 is 0 Å². The number of nitrogens with one attached hydrogen (secondary N) is 1. The molecule has 4 heteroatoms. The van der Waals surface area contributed by atoms with Crippen molar-refractivity contribution in [2.24, 2.45) is 0 Å². The fourth-order valence-corrected chi connectivity index (χ4v) is 1.02. The van der Waals surface area contributed by atoms with E-state index in [0.717, 1.165) is 24.6 Å². The van der Waals surface area contributed by atoms with Crippen LogP contribution in [0.2, 0.25) is 0 Å². The molecule has 1 rings (SSSR count). The summed E-state index contributed by atoms with van der Waals surface area (Å²) in [6.07, 6.45) is 3.60. The number of aromatic nitrogens is 2. The Balaban J connectivity index is 2.36. The molecular weight excluding hydrogens is 186 g/mol. The predicted molar refractivity (Wildman–Crippen MR) is 53.5 cm³/mol. The Bertz CT molecular complexity index is 286. The van der Waals surface area contributed by atoms with E-state index in [1.54, 1.807) is 6.20 Å². The Morgan fingerprint density at radius 1 is 1.62 bits per heavy atom. The van der Waals surface area contributed by atoms with Gasteiger partial charge in [-0.15, -0.1) is 0 Å². The van der Waals surface area contributed by atoms with Gasteiger partial charge in [-0.3, -0.25) is 0 Å². The topological polar surface area (TPSA) is 37.8 Å². The Hall–Kier alpha value is -0.930. The van der Waals surface area contributed by atoms with Crippen molar-refractivity contribution in [2.45, 2.75) is 13.5 Å². The minimum atomic E-state index is 0.741. The number of hydrogen-bond donors (Lipinski definition) is 1. The number of aryl methyl sites for hydroxylation is 1. The first-order chi connectivity index (χ1) is 6.33. The first-order valence-corrected chi connectivity index (χ1v) is 4.51. The minimum absolute atomic E-state index is 0.741. The molecule has 70 valence electrons. The largest absolute Gasteiger partial charge is 0.308 e. The highest BCUT2D eigenvalue weighted by Crippen LogP contribution is 1.93. The lowest BCUT2D eigenvalue weighted by Crippen LogP contribution is -2.14. The van der Waals surface area contributed by atoms with Gasteiger partial charge in [0.05, 0.1) is 5.69 Å². The van der Waals surface area contributed by atoms with Gasteiger partial charge in [0.15, 0.2) is 0 Å². The predicted octanol–water partition coefficient (Wildman–Crippen LogP) is 1.63. The highest BCUT2D eigenvalue weighted by Gasteiger charge is 1.93. The Labute approximate surface area is 82.9 Å². The molecule has 0 saturated carbocycles. The molecule has 0 aliphatic heterocycles. The second-order valence-electron chi connectivity index (χ2n) is 2.59. The Morgan fingerprint density at radius 2 is 2.46 bits per heavy atom. The number of halogens is 1.